The summed E-state index contributed by atoms with van der Waals surface area (Å²) in [6.45, 7) is 1.77. The van der Waals surface area contributed by atoms with E-state index in [9.17, 15) is 3.89 Å². The number of alkyl halides is 1. The summed E-state index contributed by atoms with van der Waals surface area (Å²) in [5.41, 5.74) is 1.47. The number of hydrogen-bond acceptors (Lipinski definition) is 2. The van der Waals surface area contributed by atoms with E-state index in [2.05, 4.69) is 5.10 Å². The van der Waals surface area contributed by atoms with Crippen molar-refractivity contribution in [3.05, 3.63) is 17.5 Å². The van der Waals surface area contributed by atoms with Crippen molar-refractivity contribution in [3.8, 4) is 0 Å². The predicted molar refractivity (Wildman–Crippen MR) is 40.6 cm³/mol. The van der Waals surface area contributed by atoms with Crippen LogP contribution in [0.25, 0.3) is 0 Å². The highest BCUT2D eigenvalue weighted by atomic mass is 35.5. The molecule has 0 aliphatic carbocycles. The SMILES string of the molecule is Cc1cc(CCl)nn1SF. The Hall–Kier alpha value is -0.220. The van der Waals surface area contributed by atoms with Gasteiger partial charge in [-0.05, 0) is 13.0 Å². The fourth-order valence-electron chi connectivity index (χ4n) is 0.656. The molecule has 0 bridgehead atoms. The molecule has 2 nitrogen and oxygen atoms in total. The molecule has 0 atom stereocenters. The highest BCUT2D eigenvalue weighted by Crippen LogP contribution is 2.12. The standard InChI is InChI=1S/C5H6ClFN2S/c1-4-2-5(3-6)8-9(4)10-7/h2H,3H2,1H3. The van der Waals surface area contributed by atoms with E-state index in [0.29, 0.717) is 11.6 Å². The van der Waals surface area contributed by atoms with E-state index in [1.807, 2.05) is 0 Å². The molecule has 0 unspecified atom stereocenters. The Morgan fingerprint density at radius 1 is 1.90 bits per heavy atom. The summed E-state index contributed by atoms with van der Waals surface area (Å²) < 4.78 is 13.1. The van der Waals surface area contributed by atoms with Crippen LogP contribution in [0.1, 0.15) is 11.4 Å². The summed E-state index contributed by atoms with van der Waals surface area (Å²) in [6.07, 6.45) is 0. The summed E-state index contributed by atoms with van der Waals surface area (Å²) >= 11 is 5.54. The first-order valence-corrected chi connectivity index (χ1v) is 3.89. The summed E-state index contributed by atoms with van der Waals surface area (Å²) in [4.78, 5) is 0. The number of nitrogens with zero attached hydrogens (tertiary/aromatic N) is 2. The van der Waals surface area contributed by atoms with Crippen LogP contribution in [0, 0.1) is 6.92 Å². The molecule has 0 fully saturated rings. The smallest absolute Gasteiger partial charge is 0.181 e. The van der Waals surface area contributed by atoms with Gasteiger partial charge in [0.15, 0.2) is 12.3 Å². The number of aryl methyl sites for hydroxylation is 1. The molecule has 0 aromatic carbocycles. The second kappa shape index (κ2) is 3.25. The van der Waals surface area contributed by atoms with Gasteiger partial charge < -0.3 is 0 Å². The molecule has 0 saturated heterocycles. The van der Waals surface area contributed by atoms with E-state index >= 15 is 0 Å². The van der Waals surface area contributed by atoms with Crippen molar-refractivity contribution in [2.24, 2.45) is 0 Å². The molecular weight excluding hydrogens is 175 g/mol. The fraction of sp³-hybridized carbons (Fsp3) is 0.400. The molecular formula is C5H6ClFN2S. The monoisotopic (exact) mass is 180 g/mol. The van der Waals surface area contributed by atoms with E-state index in [4.69, 9.17) is 11.6 Å². The third-order valence-electron chi connectivity index (χ3n) is 1.10. The van der Waals surface area contributed by atoms with Gasteiger partial charge in [0.1, 0.15) is 0 Å². The second-order valence-corrected chi connectivity index (χ2v) is 2.60. The minimum Gasteiger partial charge on any atom is -0.181 e. The molecule has 0 aliphatic rings. The lowest BCUT2D eigenvalue weighted by Crippen LogP contribution is -1.88. The normalized spacial score (nSPS) is 10.3. The largest absolute Gasteiger partial charge is 0.187 e. The lowest BCUT2D eigenvalue weighted by molar-refractivity contribution is 0.855. The minimum atomic E-state index is 0.0785. The lowest BCUT2D eigenvalue weighted by atomic mass is 10.4. The van der Waals surface area contributed by atoms with Crippen molar-refractivity contribution >= 4 is 23.9 Å². The van der Waals surface area contributed by atoms with Gasteiger partial charge in [-0.15, -0.1) is 15.5 Å². The van der Waals surface area contributed by atoms with Gasteiger partial charge in [0.25, 0.3) is 0 Å². The van der Waals surface area contributed by atoms with Gasteiger partial charge in [-0.2, -0.15) is 9.19 Å². The molecule has 1 rings (SSSR count). The molecule has 0 saturated carbocycles. The average molecular weight is 181 g/mol. The summed E-state index contributed by atoms with van der Waals surface area (Å²) in [5.74, 6) is 0.328. The van der Waals surface area contributed by atoms with E-state index in [1.165, 1.54) is 4.09 Å². The van der Waals surface area contributed by atoms with Gasteiger partial charge in [-0.3, -0.25) is 0 Å². The summed E-state index contributed by atoms with van der Waals surface area (Å²) in [7, 11) is 0. The third-order valence-corrected chi connectivity index (χ3v) is 1.87. The Morgan fingerprint density at radius 3 is 2.90 bits per heavy atom. The van der Waals surface area contributed by atoms with Crippen LogP contribution in [0.2, 0.25) is 0 Å². The molecule has 1 aromatic rings. The van der Waals surface area contributed by atoms with Crippen LogP contribution in [-0.4, -0.2) is 9.19 Å². The van der Waals surface area contributed by atoms with Crippen molar-refractivity contribution in [3.63, 3.8) is 0 Å². The molecule has 0 N–H and O–H groups in total. The van der Waals surface area contributed by atoms with Crippen LogP contribution in [0.5, 0.6) is 0 Å². The molecule has 1 aromatic heterocycles. The van der Waals surface area contributed by atoms with Crippen LogP contribution in [0.15, 0.2) is 6.07 Å². The predicted octanol–water partition coefficient (Wildman–Crippen LogP) is 2.31. The highest BCUT2D eigenvalue weighted by molar-refractivity contribution is 7.92. The van der Waals surface area contributed by atoms with E-state index in [0.717, 1.165) is 5.69 Å². The lowest BCUT2D eigenvalue weighted by Gasteiger charge is -1.89. The third kappa shape index (κ3) is 1.44. The number of aromatic nitrogens is 2. The molecule has 0 radical (unpaired) electrons. The van der Waals surface area contributed by atoms with Crippen molar-refractivity contribution in [1.82, 2.24) is 9.19 Å². The van der Waals surface area contributed by atoms with Gasteiger partial charge in [0.05, 0.1) is 17.3 Å². The Kier molecular flexibility index (Phi) is 2.56. The summed E-state index contributed by atoms with van der Waals surface area (Å²) in [5, 5.41) is 3.82. The van der Waals surface area contributed by atoms with Gasteiger partial charge in [0.2, 0.25) is 0 Å². The van der Waals surface area contributed by atoms with E-state index < -0.39 is 0 Å². The first-order valence-electron chi connectivity index (χ1n) is 2.68. The Balaban J connectivity index is 2.92. The molecule has 5 heteroatoms. The maximum Gasteiger partial charge on any atom is 0.187 e. The zero-order valence-electron chi connectivity index (χ0n) is 5.34. The van der Waals surface area contributed by atoms with Gasteiger partial charge in [0, 0.05) is 0 Å². The molecule has 0 spiro atoms. The fourth-order valence-corrected chi connectivity index (χ4v) is 1.08. The zero-order valence-corrected chi connectivity index (χ0v) is 6.92. The van der Waals surface area contributed by atoms with Crippen molar-refractivity contribution in [1.29, 1.82) is 0 Å². The van der Waals surface area contributed by atoms with Gasteiger partial charge in [-0.1, -0.05) is 0 Å². The van der Waals surface area contributed by atoms with Crippen molar-refractivity contribution in [2.75, 3.05) is 0 Å². The van der Waals surface area contributed by atoms with Crippen molar-refractivity contribution < 1.29 is 3.89 Å². The maximum atomic E-state index is 11.9. The minimum absolute atomic E-state index is 0.0785. The Labute approximate surface area is 67.8 Å². The first-order chi connectivity index (χ1) is 4.77. The topological polar surface area (TPSA) is 17.8 Å². The van der Waals surface area contributed by atoms with Crippen LogP contribution in [-0.2, 0) is 5.88 Å². The van der Waals surface area contributed by atoms with E-state index in [1.54, 1.807) is 13.0 Å². The molecule has 56 valence electrons. The van der Waals surface area contributed by atoms with E-state index in [-0.39, 0.29) is 12.3 Å². The molecule has 10 heavy (non-hydrogen) atoms. The zero-order chi connectivity index (χ0) is 7.56. The van der Waals surface area contributed by atoms with Gasteiger partial charge >= 0.3 is 0 Å². The molecule has 0 aliphatic heterocycles. The number of halogens is 2. The number of hydrogen-bond donors (Lipinski definition) is 0. The Morgan fingerprint density at radius 2 is 2.60 bits per heavy atom. The number of rotatable bonds is 2. The Bertz CT molecular complexity index is 225. The average Bonchev–Trinajstić information content (AvgIpc) is 2.30. The van der Waals surface area contributed by atoms with Gasteiger partial charge in [-0.25, -0.2) is 0 Å². The summed E-state index contributed by atoms with van der Waals surface area (Å²) in [6, 6.07) is 1.75. The molecule has 1 heterocycles. The van der Waals surface area contributed by atoms with Crippen LogP contribution in [0.3, 0.4) is 0 Å². The second-order valence-electron chi connectivity index (χ2n) is 1.85. The van der Waals surface area contributed by atoms with Crippen molar-refractivity contribution in [2.45, 2.75) is 12.8 Å². The van der Waals surface area contributed by atoms with Crippen LogP contribution >= 0.6 is 23.9 Å². The van der Waals surface area contributed by atoms with Crippen LogP contribution < -0.4 is 0 Å². The quantitative estimate of drug-likeness (QED) is 0.650. The molecule has 0 amide bonds. The highest BCUT2D eigenvalue weighted by Gasteiger charge is 2.02. The van der Waals surface area contributed by atoms with Crippen LogP contribution in [0.4, 0.5) is 3.89 Å². The maximum absolute atomic E-state index is 11.9. The first kappa shape index (κ1) is 7.88.